The summed E-state index contributed by atoms with van der Waals surface area (Å²) in [5, 5.41) is 4.06. The summed E-state index contributed by atoms with van der Waals surface area (Å²) >= 11 is 0. The van der Waals surface area contributed by atoms with Crippen molar-refractivity contribution in [3.8, 4) is 0 Å². The first-order valence-corrected chi connectivity index (χ1v) is 6.89. The molecular weight excluding hydrogens is 252 g/mol. The standard InChI is InChI=1S/C16H20N2O2/c1-5-13(19)11(2)14-17-15(18-20-14)16(3,4)12-9-7-6-8-10-12/h6-11H,5H2,1-4H3. The highest BCUT2D eigenvalue weighted by atomic mass is 16.5. The summed E-state index contributed by atoms with van der Waals surface area (Å²) in [4.78, 5) is 16.1. The Morgan fingerprint density at radius 3 is 2.55 bits per heavy atom. The average Bonchev–Trinajstić information content (AvgIpc) is 2.97. The monoisotopic (exact) mass is 272 g/mol. The lowest BCUT2D eigenvalue weighted by Gasteiger charge is -2.20. The number of hydrogen-bond acceptors (Lipinski definition) is 4. The van der Waals surface area contributed by atoms with Crippen LogP contribution < -0.4 is 0 Å². The van der Waals surface area contributed by atoms with E-state index in [1.54, 1.807) is 6.92 Å². The van der Waals surface area contributed by atoms with Crippen LogP contribution in [0, 0.1) is 0 Å². The van der Waals surface area contributed by atoms with Crippen LogP contribution in [-0.4, -0.2) is 15.9 Å². The molecule has 0 aliphatic carbocycles. The molecule has 0 radical (unpaired) electrons. The minimum atomic E-state index is -0.349. The summed E-state index contributed by atoms with van der Waals surface area (Å²) in [5.41, 5.74) is 0.764. The normalized spacial score (nSPS) is 13.2. The number of carbonyl (C=O) groups is 1. The second-order valence-corrected chi connectivity index (χ2v) is 5.49. The lowest BCUT2D eigenvalue weighted by atomic mass is 9.84. The van der Waals surface area contributed by atoms with Crippen LogP contribution in [0.15, 0.2) is 34.9 Å². The van der Waals surface area contributed by atoms with Gasteiger partial charge >= 0.3 is 0 Å². The van der Waals surface area contributed by atoms with E-state index >= 15 is 0 Å². The van der Waals surface area contributed by atoms with E-state index in [4.69, 9.17) is 4.52 Å². The first-order chi connectivity index (χ1) is 9.46. The molecule has 0 amide bonds. The maximum absolute atomic E-state index is 11.7. The molecule has 0 saturated carbocycles. The van der Waals surface area contributed by atoms with Crippen LogP contribution >= 0.6 is 0 Å². The van der Waals surface area contributed by atoms with Gasteiger partial charge in [-0.25, -0.2) is 0 Å². The minimum Gasteiger partial charge on any atom is -0.339 e. The Kier molecular flexibility index (Phi) is 4.02. The maximum Gasteiger partial charge on any atom is 0.236 e. The zero-order chi connectivity index (χ0) is 14.8. The third kappa shape index (κ3) is 2.64. The molecule has 106 valence electrons. The molecule has 2 aromatic rings. The SMILES string of the molecule is CCC(=O)C(C)c1nc(C(C)(C)c2ccccc2)no1. The van der Waals surface area contributed by atoms with Crippen molar-refractivity contribution in [3.05, 3.63) is 47.6 Å². The number of ketones is 1. The van der Waals surface area contributed by atoms with Crippen LogP contribution in [0.4, 0.5) is 0 Å². The molecule has 1 heterocycles. The van der Waals surface area contributed by atoms with Gasteiger partial charge in [0.25, 0.3) is 0 Å². The topological polar surface area (TPSA) is 56.0 Å². The maximum atomic E-state index is 11.7. The first-order valence-electron chi connectivity index (χ1n) is 6.89. The highest BCUT2D eigenvalue weighted by Crippen LogP contribution is 2.30. The zero-order valence-electron chi connectivity index (χ0n) is 12.4. The van der Waals surface area contributed by atoms with Gasteiger partial charge in [0.15, 0.2) is 5.82 Å². The van der Waals surface area contributed by atoms with Gasteiger partial charge in [0.2, 0.25) is 5.89 Å². The number of benzene rings is 1. The number of aromatic nitrogens is 2. The van der Waals surface area contributed by atoms with Crippen LogP contribution in [-0.2, 0) is 10.2 Å². The Labute approximate surface area is 119 Å². The van der Waals surface area contributed by atoms with Gasteiger partial charge in [-0.1, -0.05) is 42.4 Å². The van der Waals surface area contributed by atoms with Gasteiger partial charge in [0.05, 0.1) is 11.3 Å². The predicted octanol–water partition coefficient (Wildman–Crippen LogP) is 3.48. The Hall–Kier alpha value is -1.97. The molecule has 1 aromatic carbocycles. The Morgan fingerprint density at radius 2 is 1.95 bits per heavy atom. The molecule has 4 nitrogen and oxygen atoms in total. The number of rotatable bonds is 5. The van der Waals surface area contributed by atoms with Gasteiger partial charge in [-0.3, -0.25) is 4.79 Å². The fourth-order valence-electron chi connectivity index (χ4n) is 2.09. The molecule has 2 rings (SSSR count). The molecule has 1 aromatic heterocycles. The number of nitrogens with zero attached hydrogens (tertiary/aromatic N) is 2. The summed E-state index contributed by atoms with van der Waals surface area (Å²) < 4.78 is 5.28. The van der Waals surface area contributed by atoms with Crippen molar-refractivity contribution in [3.63, 3.8) is 0 Å². The van der Waals surface area contributed by atoms with E-state index in [0.717, 1.165) is 5.56 Å². The Bertz CT molecular complexity index is 588. The van der Waals surface area contributed by atoms with E-state index in [1.807, 2.05) is 51.1 Å². The number of Topliss-reactive ketones (excluding diaryl/α,β-unsaturated/α-hetero) is 1. The molecule has 0 aliphatic heterocycles. The molecule has 0 aliphatic rings. The summed E-state index contributed by atoms with van der Waals surface area (Å²) in [6, 6.07) is 10.0. The smallest absolute Gasteiger partial charge is 0.236 e. The number of hydrogen-bond donors (Lipinski definition) is 0. The van der Waals surface area contributed by atoms with Crippen LogP contribution in [0.2, 0.25) is 0 Å². The fraction of sp³-hybridized carbons (Fsp3) is 0.438. The molecule has 0 saturated heterocycles. The summed E-state index contributed by atoms with van der Waals surface area (Å²) in [7, 11) is 0. The van der Waals surface area contributed by atoms with Crippen LogP contribution in [0.3, 0.4) is 0 Å². The van der Waals surface area contributed by atoms with Crippen molar-refractivity contribution in [2.75, 3.05) is 0 Å². The lowest BCUT2D eigenvalue weighted by molar-refractivity contribution is -0.120. The van der Waals surface area contributed by atoms with E-state index in [-0.39, 0.29) is 17.1 Å². The van der Waals surface area contributed by atoms with Gasteiger partial charge in [-0.15, -0.1) is 0 Å². The second-order valence-electron chi connectivity index (χ2n) is 5.49. The third-order valence-corrected chi connectivity index (χ3v) is 3.70. The molecule has 0 spiro atoms. The van der Waals surface area contributed by atoms with E-state index in [1.165, 1.54) is 0 Å². The molecule has 1 atom stereocenters. The minimum absolute atomic E-state index is 0.109. The van der Waals surface area contributed by atoms with Crippen LogP contribution in [0.5, 0.6) is 0 Å². The molecule has 0 N–H and O–H groups in total. The molecule has 0 fully saturated rings. The van der Waals surface area contributed by atoms with E-state index in [0.29, 0.717) is 18.1 Å². The van der Waals surface area contributed by atoms with Crippen molar-refractivity contribution in [2.24, 2.45) is 0 Å². The van der Waals surface area contributed by atoms with Gasteiger partial charge < -0.3 is 4.52 Å². The Morgan fingerprint density at radius 1 is 1.30 bits per heavy atom. The van der Waals surface area contributed by atoms with Crippen LogP contribution in [0.1, 0.15) is 57.3 Å². The quantitative estimate of drug-likeness (QED) is 0.836. The lowest BCUT2D eigenvalue weighted by Crippen LogP contribution is -2.21. The van der Waals surface area contributed by atoms with Crippen molar-refractivity contribution in [1.82, 2.24) is 10.1 Å². The number of carbonyl (C=O) groups excluding carboxylic acids is 1. The molecular formula is C16H20N2O2. The summed E-state index contributed by atoms with van der Waals surface area (Å²) in [5.74, 6) is 0.774. The van der Waals surface area contributed by atoms with E-state index < -0.39 is 0 Å². The zero-order valence-corrected chi connectivity index (χ0v) is 12.4. The average molecular weight is 272 g/mol. The highest BCUT2D eigenvalue weighted by Gasteiger charge is 2.30. The highest BCUT2D eigenvalue weighted by molar-refractivity contribution is 5.83. The summed E-state index contributed by atoms with van der Waals surface area (Å²) in [6.45, 7) is 7.73. The van der Waals surface area contributed by atoms with Crippen molar-refractivity contribution < 1.29 is 9.32 Å². The van der Waals surface area contributed by atoms with Crippen LogP contribution in [0.25, 0.3) is 0 Å². The predicted molar refractivity (Wildman–Crippen MR) is 76.6 cm³/mol. The van der Waals surface area contributed by atoms with Gasteiger partial charge in [0.1, 0.15) is 5.78 Å². The Balaban J connectivity index is 2.31. The molecule has 4 heteroatoms. The summed E-state index contributed by atoms with van der Waals surface area (Å²) in [6.07, 6.45) is 0.473. The van der Waals surface area contributed by atoms with Crippen molar-refractivity contribution >= 4 is 5.78 Å². The molecule has 0 bridgehead atoms. The fourth-order valence-corrected chi connectivity index (χ4v) is 2.09. The van der Waals surface area contributed by atoms with Gasteiger partial charge in [-0.05, 0) is 26.3 Å². The van der Waals surface area contributed by atoms with E-state index in [9.17, 15) is 4.79 Å². The molecule has 20 heavy (non-hydrogen) atoms. The first kappa shape index (κ1) is 14.4. The van der Waals surface area contributed by atoms with Crippen molar-refractivity contribution in [1.29, 1.82) is 0 Å². The van der Waals surface area contributed by atoms with Crippen molar-refractivity contribution in [2.45, 2.75) is 45.4 Å². The van der Waals surface area contributed by atoms with E-state index in [2.05, 4.69) is 10.1 Å². The largest absolute Gasteiger partial charge is 0.339 e. The van der Waals surface area contributed by atoms with Gasteiger partial charge in [0, 0.05) is 6.42 Å². The molecule has 1 unspecified atom stereocenters. The third-order valence-electron chi connectivity index (χ3n) is 3.70. The second kappa shape index (κ2) is 5.57. The van der Waals surface area contributed by atoms with Gasteiger partial charge in [-0.2, -0.15) is 4.98 Å².